The van der Waals surface area contributed by atoms with Crippen molar-refractivity contribution < 1.29 is 13.5 Å². The maximum Gasteiger partial charge on any atom is 0.208 e. The zero-order valence-corrected chi connectivity index (χ0v) is 23.0. The third kappa shape index (κ3) is 5.21. The Balaban J connectivity index is 1.42. The molecule has 4 nitrogen and oxygen atoms in total. The first-order valence-corrected chi connectivity index (χ1v) is 15.8. The van der Waals surface area contributed by atoms with Crippen molar-refractivity contribution in [2.24, 2.45) is 46.3 Å². The number of hydrogen-bond donors (Lipinski definition) is 2. The van der Waals surface area contributed by atoms with E-state index in [2.05, 4.69) is 25.5 Å². The molecule has 2 N–H and O–H groups in total. The van der Waals surface area contributed by atoms with Crippen LogP contribution in [0.15, 0.2) is 0 Å². The molecule has 4 saturated carbocycles. The van der Waals surface area contributed by atoms with E-state index in [4.69, 9.17) is 0 Å². The monoisotopic (exact) mass is 481 g/mol. The van der Waals surface area contributed by atoms with Gasteiger partial charge in [-0.1, -0.05) is 33.6 Å². The molecule has 9 atom stereocenters. The van der Waals surface area contributed by atoms with Gasteiger partial charge in [-0.05, 0) is 124 Å². The number of sulfonamides is 1. The molecule has 2 unspecified atom stereocenters. The molecule has 0 amide bonds. The van der Waals surface area contributed by atoms with Crippen molar-refractivity contribution in [1.29, 1.82) is 0 Å². The molecule has 4 aliphatic rings. The molecular formula is C28H51NO3S. The van der Waals surface area contributed by atoms with Gasteiger partial charge in [-0.2, -0.15) is 0 Å². The zero-order chi connectivity index (χ0) is 24.2. The molecule has 0 radical (unpaired) electrons. The first-order valence-electron chi connectivity index (χ1n) is 13.9. The highest BCUT2D eigenvalue weighted by molar-refractivity contribution is 7.88. The van der Waals surface area contributed by atoms with Gasteiger partial charge in [0, 0.05) is 6.04 Å². The molecule has 4 fully saturated rings. The van der Waals surface area contributed by atoms with Crippen molar-refractivity contribution in [2.45, 2.75) is 123 Å². The van der Waals surface area contributed by atoms with Crippen LogP contribution in [0.2, 0.25) is 0 Å². The smallest absolute Gasteiger partial charge is 0.208 e. The average Bonchev–Trinajstić information content (AvgIpc) is 3.03. The van der Waals surface area contributed by atoms with Crippen molar-refractivity contribution in [1.82, 2.24) is 4.72 Å². The first-order chi connectivity index (χ1) is 15.2. The molecule has 0 aromatic carbocycles. The summed E-state index contributed by atoms with van der Waals surface area (Å²) in [5.41, 5.74) is 0.355. The van der Waals surface area contributed by atoms with Crippen LogP contribution in [0.25, 0.3) is 0 Å². The fourth-order valence-electron chi connectivity index (χ4n) is 9.70. The van der Waals surface area contributed by atoms with Crippen LogP contribution < -0.4 is 4.72 Å². The van der Waals surface area contributed by atoms with Crippen LogP contribution in [0.1, 0.15) is 112 Å². The maximum atomic E-state index is 11.8. The van der Waals surface area contributed by atoms with Crippen LogP contribution in [-0.4, -0.2) is 31.4 Å². The second-order valence-corrected chi connectivity index (χ2v) is 15.7. The molecule has 4 rings (SSSR count). The van der Waals surface area contributed by atoms with E-state index in [1.54, 1.807) is 0 Å². The Morgan fingerprint density at radius 3 is 2.33 bits per heavy atom. The Morgan fingerprint density at radius 2 is 1.67 bits per heavy atom. The second-order valence-electron chi connectivity index (χ2n) is 13.9. The van der Waals surface area contributed by atoms with E-state index in [1.807, 2.05) is 13.8 Å². The van der Waals surface area contributed by atoms with Gasteiger partial charge in [0.1, 0.15) is 0 Å². The molecular weight excluding hydrogens is 430 g/mol. The van der Waals surface area contributed by atoms with Crippen molar-refractivity contribution >= 4 is 10.0 Å². The normalized spacial score (nSPS) is 44.6. The Hall–Kier alpha value is -0.130. The summed E-state index contributed by atoms with van der Waals surface area (Å²) >= 11 is 0. The lowest BCUT2D eigenvalue weighted by atomic mass is 9.44. The highest BCUT2D eigenvalue weighted by Crippen LogP contribution is 2.68. The molecule has 192 valence electrons. The van der Waals surface area contributed by atoms with E-state index in [0.29, 0.717) is 16.7 Å². The summed E-state index contributed by atoms with van der Waals surface area (Å²) in [5, 5.41) is 10.1. The van der Waals surface area contributed by atoms with Crippen molar-refractivity contribution in [3.63, 3.8) is 0 Å². The van der Waals surface area contributed by atoms with E-state index in [1.165, 1.54) is 57.6 Å². The van der Waals surface area contributed by atoms with Gasteiger partial charge in [0.2, 0.25) is 10.0 Å². The fraction of sp³-hybridized carbons (Fsp3) is 1.00. The van der Waals surface area contributed by atoms with Crippen molar-refractivity contribution in [3.05, 3.63) is 0 Å². The Kier molecular flexibility index (Phi) is 7.13. The topological polar surface area (TPSA) is 66.4 Å². The van der Waals surface area contributed by atoms with Crippen molar-refractivity contribution in [2.75, 3.05) is 6.26 Å². The van der Waals surface area contributed by atoms with Gasteiger partial charge in [0.05, 0.1) is 11.9 Å². The lowest BCUT2D eigenvalue weighted by molar-refractivity contribution is -0.117. The molecule has 0 aromatic rings. The van der Waals surface area contributed by atoms with Crippen LogP contribution in [-0.2, 0) is 10.0 Å². The molecule has 0 aromatic heterocycles. The third-order valence-corrected chi connectivity index (χ3v) is 12.0. The minimum absolute atomic E-state index is 0.143. The molecule has 0 spiro atoms. The minimum Gasteiger partial charge on any atom is -0.390 e. The fourth-order valence-corrected chi connectivity index (χ4v) is 10.5. The predicted octanol–water partition coefficient (Wildman–Crippen LogP) is 6.14. The summed E-state index contributed by atoms with van der Waals surface area (Å²) in [6, 6.07) is 0.143. The van der Waals surface area contributed by atoms with E-state index < -0.39 is 15.6 Å². The van der Waals surface area contributed by atoms with E-state index in [9.17, 15) is 13.5 Å². The highest BCUT2D eigenvalue weighted by Gasteiger charge is 2.60. The van der Waals surface area contributed by atoms with E-state index in [-0.39, 0.29) is 6.04 Å². The number of fused-ring (bicyclic) bond motifs is 5. The lowest BCUT2D eigenvalue weighted by Crippen LogP contribution is -2.55. The van der Waals surface area contributed by atoms with Gasteiger partial charge in [0.15, 0.2) is 0 Å². The van der Waals surface area contributed by atoms with Gasteiger partial charge in [-0.15, -0.1) is 0 Å². The van der Waals surface area contributed by atoms with Crippen LogP contribution in [0, 0.1) is 46.3 Å². The molecule has 5 heteroatoms. The van der Waals surface area contributed by atoms with Gasteiger partial charge in [-0.3, -0.25) is 0 Å². The Morgan fingerprint density at radius 1 is 1.00 bits per heavy atom. The standard InChI is InChI=1S/C28H51NO3S/c1-19(8-7-15-26(2,3)30)23-11-12-24-22-10-9-20-18-21(29-33(6,31)32)13-16-27(20,4)25(22)14-17-28(23,24)5/h19-25,29-30H,7-18H2,1-6H3/t19-,20?,21?,22+,23-,24+,25+,27+,28-/m1/s1. The van der Waals surface area contributed by atoms with Crippen LogP contribution >= 0.6 is 0 Å². The summed E-state index contributed by atoms with van der Waals surface area (Å²) < 4.78 is 26.5. The maximum absolute atomic E-state index is 11.8. The summed E-state index contributed by atoms with van der Waals surface area (Å²) in [6.45, 7) is 11.6. The first kappa shape index (κ1) is 25.9. The molecule has 4 aliphatic carbocycles. The SMILES string of the molecule is C[C@H](CCCC(C)(C)O)[C@H]1CC[C@H]2[C@@H]3CCC4CC(NS(C)(=O)=O)CC[C@]4(C)[C@H]3CC[C@]12C. The number of rotatable bonds is 7. The highest BCUT2D eigenvalue weighted by atomic mass is 32.2. The Labute approximate surface area is 204 Å². The third-order valence-electron chi connectivity index (χ3n) is 11.3. The van der Waals surface area contributed by atoms with Gasteiger partial charge in [-0.25, -0.2) is 13.1 Å². The predicted molar refractivity (Wildman–Crippen MR) is 136 cm³/mol. The van der Waals surface area contributed by atoms with Gasteiger partial charge < -0.3 is 5.11 Å². The van der Waals surface area contributed by atoms with Crippen molar-refractivity contribution in [3.8, 4) is 0 Å². The summed E-state index contributed by atoms with van der Waals surface area (Å²) in [6.07, 6.45) is 16.0. The molecule has 0 aliphatic heterocycles. The van der Waals surface area contributed by atoms with Gasteiger partial charge >= 0.3 is 0 Å². The quantitative estimate of drug-likeness (QED) is 0.459. The molecule has 33 heavy (non-hydrogen) atoms. The second kappa shape index (κ2) is 9.07. The van der Waals surface area contributed by atoms with Crippen LogP contribution in [0.3, 0.4) is 0 Å². The largest absolute Gasteiger partial charge is 0.390 e. The number of aliphatic hydroxyl groups is 1. The summed E-state index contributed by atoms with van der Waals surface area (Å²) in [4.78, 5) is 0. The zero-order valence-electron chi connectivity index (χ0n) is 22.2. The minimum atomic E-state index is -3.12. The van der Waals surface area contributed by atoms with E-state index in [0.717, 1.165) is 55.3 Å². The lowest BCUT2D eigenvalue weighted by Gasteiger charge is -2.61. The summed E-state index contributed by atoms with van der Waals surface area (Å²) in [7, 11) is -3.12. The number of nitrogens with one attached hydrogen (secondary N) is 1. The summed E-state index contributed by atoms with van der Waals surface area (Å²) in [5.74, 6) is 4.85. The molecule has 0 heterocycles. The Bertz CT molecular complexity index is 804. The van der Waals surface area contributed by atoms with Crippen LogP contribution in [0.5, 0.6) is 0 Å². The molecule has 0 saturated heterocycles. The van der Waals surface area contributed by atoms with Gasteiger partial charge in [0.25, 0.3) is 0 Å². The van der Waals surface area contributed by atoms with E-state index >= 15 is 0 Å². The number of hydrogen-bond acceptors (Lipinski definition) is 3. The average molecular weight is 482 g/mol. The van der Waals surface area contributed by atoms with Crippen LogP contribution in [0.4, 0.5) is 0 Å². The molecule has 0 bridgehead atoms.